The zero-order chi connectivity index (χ0) is 13.8. The number of alkyl halides is 3. The van der Waals surface area contributed by atoms with Crippen molar-refractivity contribution in [3.63, 3.8) is 0 Å². The van der Waals surface area contributed by atoms with Crippen LogP contribution in [0.2, 0.25) is 0 Å². The van der Waals surface area contributed by atoms with Crippen molar-refractivity contribution in [1.82, 2.24) is 4.98 Å². The lowest BCUT2D eigenvalue weighted by atomic mass is 9.93. The first-order valence-electron chi connectivity index (χ1n) is 6.17. The number of hydrogen-bond acceptors (Lipinski definition) is 2. The van der Waals surface area contributed by atoms with E-state index in [9.17, 15) is 13.2 Å². The van der Waals surface area contributed by atoms with Crippen molar-refractivity contribution in [3.8, 4) is 0 Å². The Labute approximate surface area is 105 Å². The predicted molar refractivity (Wildman–Crippen MR) is 64.9 cm³/mol. The highest BCUT2D eigenvalue weighted by Gasteiger charge is 2.30. The van der Waals surface area contributed by atoms with Gasteiger partial charge in [-0.1, -0.05) is 26.7 Å². The molecule has 0 saturated heterocycles. The number of aromatic nitrogens is 1. The summed E-state index contributed by atoms with van der Waals surface area (Å²) in [5.74, 6) is 0.490. The minimum absolute atomic E-state index is 0.294. The molecular weight excluding hydrogens is 241 g/mol. The Bertz CT molecular complexity index is 355. The van der Waals surface area contributed by atoms with Gasteiger partial charge in [0.2, 0.25) is 0 Å². The van der Waals surface area contributed by atoms with Crippen LogP contribution in [0.3, 0.4) is 0 Å². The van der Waals surface area contributed by atoms with Gasteiger partial charge in [-0.05, 0) is 24.5 Å². The van der Waals surface area contributed by atoms with Gasteiger partial charge in [-0.15, -0.1) is 0 Å². The van der Waals surface area contributed by atoms with Crippen molar-refractivity contribution in [2.75, 3.05) is 0 Å². The van der Waals surface area contributed by atoms with Gasteiger partial charge in [0.15, 0.2) is 0 Å². The first-order valence-corrected chi connectivity index (χ1v) is 6.17. The number of nitrogens with two attached hydrogens (primary N) is 1. The summed E-state index contributed by atoms with van der Waals surface area (Å²) in [5, 5.41) is 0. The molecule has 1 rings (SSSR count). The third kappa shape index (κ3) is 3.98. The molecule has 0 saturated carbocycles. The first-order chi connectivity index (χ1) is 8.38. The van der Waals surface area contributed by atoms with E-state index in [2.05, 4.69) is 18.8 Å². The van der Waals surface area contributed by atoms with E-state index < -0.39 is 11.7 Å². The summed E-state index contributed by atoms with van der Waals surface area (Å²) in [7, 11) is 0. The van der Waals surface area contributed by atoms with Crippen molar-refractivity contribution in [3.05, 3.63) is 29.6 Å². The molecule has 1 atom stereocenters. The van der Waals surface area contributed by atoms with Crippen LogP contribution < -0.4 is 5.73 Å². The predicted octanol–water partition coefficient (Wildman–Crippen LogP) is 3.93. The quantitative estimate of drug-likeness (QED) is 0.871. The van der Waals surface area contributed by atoms with Crippen molar-refractivity contribution < 1.29 is 13.2 Å². The number of pyridine rings is 1. The highest BCUT2D eigenvalue weighted by atomic mass is 19.4. The van der Waals surface area contributed by atoms with Gasteiger partial charge in [0.1, 0.15) is 0 Å². The molecule has 0 aliphatic carbocycles. The van der Waals surface area contributed by atoms with E-state index in [1.807, 2.05) is 0 Å². The van der Waals surface area contributed by atoms with Crippen LogP contribution in [0.5, 0.6) is 0 Å². The van der Waals surface area contributed by atoms with E-state index in [1.54, 1.807) is 0 Å². The molecule has 0 spiro atoms. The van der Waals surface area contributed by atoms with Crippen LogP contribution in [0.15, 0.2) is 18.3 Å². The minimum atomic E-state index is -4.34. The lowest BCUT2D eigenvalue weighted by Crippen LogP contribution is -2.17. The highest BCUT2D eigenvalue weighted by Crippen LogP contribution is 2.29. The highest BCUT2D eigenvalue weighted by molar-refractivity contribution is 5.18. The summed E-state index contributed by atoms with van der Waals surface area (Å²) in [6.07, 6.45) is -0.700. The second-order valence-electron chi connectivity index (χ2n) is 4.49. The fourth-order valence-corrected chi connectivity index (χ4v) is 1.89. The largest absolute Gasteiger partial charge is 0.417 e. The molecule has 2 nitrogen and oxygen atoms in total. The zero-order valence-electron chi connectivity index (χ0n) is 10.7. The van der Waals surface area contributed by atoms with Gasteiger partial charge >= 0.3 is 6.18 Å². The molecule has 0 aliphatic rings. The number of nitrogens with zero attached hydrogens (tertiary/aromatic N) is 1. The SMILES string of the molecule is CCC(CC)CC(N)c1ccc(C(F)(F)F)cn1. The van der Waals surface area contributed by atoms with Gasteiger partial charge < -0.3 is 5.73 Å². The van der Waals surface area contributed by atoms with E-state index in [0.717, 1.165) is 31.5 Å². The summed E-state index contributed by atoms with van der Waals surface area (Å²) in [6, 6.07) is 2.11. The maximum atomic E-state index is 12.4. The van der Waals surface area contributed by atoms with Crippen molar-refractivity contribution >= 4 is 0 Å². The Hall–Kier alpha value is -1.10. The summed E-state index contributed by atoms with van der Waals surface area (Å²) in [5.41, 5.74) is 5.75. The molecule has 1 aromatic rings. The molecular formula is C13H19F3N2. The second-order valence-corrected chi connectivity index (χ2v) is 4.49. The Balaban J connectivity index is 2.73. The molecule has 18 heavy (non-hydrogen) atoms. The van der Waals surface area contributed by atoms with Gasteiger partial charge in [-0.2, -0.15) is 13.2 Å². The lowest BCUT2D eigenvalue weighted by molar-refractivity contribution is -0.137. The number of hydrogen-bond donors (Lipinski definition) is 1. The molecule has 0 amide bonds. The summed E-state index contributed by atoms with van der Waals surface area (Å²) < 4.78 is 37.1. The number of halogens is 3. The van der Waals surface area contributed by atoms with Crippen LogP contribution in [0, 0.1) is 5.92 Å². The zero-order valence-corrected chi connectivity index (χ0v) is 10.7. The Morgan fingerprint density at radius 1 is 1.22 bits per heavy atom. The van der Waals surface area contributed by atoms with E-state index in [4.69, 9.17) is 5.73 Å². The third-order valence-electron chi connectivity index (χ3n) is 3.24. The van der Waals surface area contributed by atoms with Crippen LogP contribution in [0.1, 0.15) is 50.4 Å². The van der Waals surface area contributed by atoms with Gasteiger partial charge in [-0.25, -0.2) is 0 Å². The molecule has 1 aromatic heterocycles. The fraction of sp³-hybridized carbons (Fsp3) is 0.615. The molecule has 5 heteroatoms. The fourth-order valence-electron chi connectivity index (χ4n) is 1.89. The summed E-state index contributed by atoms with van der Waals surface area (Å²) in [6.45, 7) is 4.17. The minimum Gasteiger partial charge on any atom is -0.323 e. The van der Waals surface area contributed by atoms with E-state index in [1.165, 1.54) is 6.07 Å². The molecule has 0 fully saturated rings. The van der Waals surface area contributed by atoms with Gasteiger partial charge in [0.25, 0.3) is 0 Å². The average molecular weight is 260 g/mol. The molecule has 0 bridgehead atoms. The Kier molecular flexibility index (Phi) is 5.14. The normalized spacial score (nSPS) is 13.9. The maximum absolute atomic E-state index is 12.4. The molecule has 1 heterocycles. The maximum Gasteiger partial charge on any atom is 0.417 e. The molecule has 2 N–H and O–H groups in total. The Morgan fingerprint density at radius 2 is 1.83 bits per heavy atom. The van der Waals surface area contributed by atoms with Gasteiger partial charge in [0, 0.05) is 12.2 Å². The number of rotatable bonds is 5. The lowest BCUT2D eigenvalue weighted by Gasteiger charge is -2.18. The molecule has 1 unspecified atom stereocenters. The van der Waals surface area contributed by atoms with Gasteiger partial charge in [-0.3, -0.25) is 4.98 Å². The van der Waals surface area contributed by atoms with Crippen LogP contribution in [0.25, 0.3) is 0 Å². The Morgan fingerprint density at radius 3 is 2.22 bits per heavy atom. The first kappa shape index (κ1) is 15.0. The summed E-state index contributed by atoms with van der Waals surface area (Å²) in [4.78, 5) is 3.82. The molecule has 102 valence electrons. The monoisotopic (exact) mass is 260 g/mol. The second kappa shape index (κ2) is 6.18. The van der Waals surface area contributed by atoms with E-state index in [0.29, 0.717) is 11.6 Å². The van der Waals surface area contributed by atoms with Crippen LogP contribution in [-0.2, 0) is 6.18 Å². The molecule has 0 radical (unpaired) electrons. The molecule has 0 aliphatic heterocycles. The van der Waals surface area contributed by atoms with Crippen LogP contribution >= 0.6 is 0 Å². The smallest absolute Gasteiger partial charge is 0.323 e. The van der Waals surface area contributed by atoms with Crippen molar-refractivity contribution in [2.45, 2.75) is 45.3 Å². The van der Waals surface area contributed by atoms with Gasteiger partial charge in [0.05, 0.1) is 11.3 Å². The molecule has 0 aromatic carbocycles. The van der Waals surface area contributed by atoms with Crippen molar-refractivity contribution in [1.29, 1.82) is 0 Å². The standard InChI is InChI=1S/C13H19F3N2/c1-3-9(4-2)7-11(17)12-6-5-10(8-18-12)13(14,15)16/h5-6,8-9,11H,3-4,7,17H2,1-2H3. The van der Waals surface area contributed by atoms with Crippen LogP contribution in [-0.4, -0.2) is 4.98 Å². The third-order valence-corrected chi connectivity index (χ3v) is 3.24. The van der Waals surface area contributed by atoms with E-state index in [-0.39, 0.29) is 6.04 Å². The van der Waals surface area contributed by atoms with Crippen LogP contribution in [0.4, 0.5) is 13.2 Å². The van der Waals surface area contributed by atoms with E-state index >= 15 is 0 Å². The topological polar surface area (TPSA) is 38.9 Å². The average Bonchev–Trinajstić information content (AvgIpc) is 2.34. The summed E-state index contributed by atoms with van der Waals surface area (Å²) >= 11 is 0. The van der Waals surface area contributed by atoms with Crippen molar-refractivity contribution in [2.24, 2.45) is 11.7 Å².